The van der Waals surface area contributed by atoms with Crippen molar-refractivity contribution in [1.82, 2.24) is 20.4 Å². The molecule has 0 bridgehead atoms. The second-order valence-corrected chi connectivity index (χ2v) is 9.56. The van der Waals surface area contributed by atoms with Gasteiger partial charge in [-0.2, -0.15) is 0 Å². The van der Waals surface area contributed by atoms with Crippen molar-refractivity contribution in [3.05, 3.63) is 35.9 Å². The van der Waals surface area contributed by atoms with Gasteiger partial charge in [0, 0.05) is 51.9 Å². The molecular formula is C25H43N5. The molecule has 1 aromatic rings. The summed E-state index contributed by atoms with van der Waals surface area (Å²) in [6.07, 6.45) is 5.00. The topological polar surface area (TPSA) is 42.9 Å². The van der Waals surface area contributed by atoms with Crippen LogP contribution in [0.4, 0.5) is 0 Å². The fraction of sp³-hybridized carbons (Fsp3) is 0.720. The maximum atomic E-state index is 4.99. The van der Waals surface area contributed by atoms with Crippen molar-refractivity contribution in [2.75, 3.05) is 45.8 Å². The van der Waals surface area contributed by atoms with E-state index in [-0.39, 0.29) is 0 Å². The largest absolute Gasteiger partial charge is 0.357 e. The number of piperidine rings is 2. The molecule has 30 heavy (non-hydrogen) atoms. The van der Waals surface area contributed by atoms with E-state index >= 15 is 0 Å². The summed E-state index contributed by atoms with van der Waals surface area (Å²) >= 11 is 0. The smallest absolute Gasteiger partial charge is 0.191 e. The van der Waals surface area contributed by atoms with Gasteiger partial charge >= 0.3 is 0 Å². The summed E-state index contributed by atoms with van der Waals surface area (Å²) in [6, 6.07) is 11.4. The van der Waals surface area contributed by atoms with Crippen LogP contribution < -0.4 is 10.6 Å². The number of aliphatic imine (C=N–C) groups is 1. The highest BCUT2D eigenvalue weighted by Gasteiger charge is 2.22. The number of hydrogen-bond acceptors (Lipinski definition) is 3. The Morgan fingerprint density at radius 1 is 1.07 bits per heavy atom. The third kappa shape index (κ3) is 7.92. The molecule has 2 aliphatic rings. The van der Waals surface area contributed by atoms with Gasteiger partial charge in [-0.15, -0.1) is 0 Å². The average molecular weight is 414 g/mol. The van der Waals surface area contributed by atoms with E-state index in [0.717, 1.165) is 44.6 Å². The van der Waals surface area contributed by atoms with Crippen LogP contribution in [0.25, 0.3) is 0 Å². The monoisotopic (exact) mass is 413 g/mol. The molecule has 1 unspecified atom stereocenters. The van der Waals surface area contributed by atoms with Gasteiger partial charge in [-0.3, -0.25) is 9.89 Å². The lowest BCUT2D eigenvalue weighted by atomic mass is 9.97. The zero-order valence-corrected chi connectivity index (χ0v) is 19.4. The lowest BCUT2D eigenvalue weighted by Crippen LogP contribution is -2.48. The van der Waals surface area contributed by atoms with Gasteiger partial charge in [0.25, 0.3) is 0 Å². The number of nitrogens with zero attached hydrogens (tertiary/aromatic N) is 3. The van der Waals surface area contributed by atoms with E-state index in [1.807, 2.05) is 0 Å². The summed E-state index contributed by atoms with van der Waals surface area (Å²) in [4.78, 5) is 10.2. The summed E-state index contributed by atoms with van der Waals surface area (Å²) in [6.45, 7) is 15.7. The summed E-state index contributed by atoms with van der Waals surface area (Å²) in [7, 11) is 0. The summed E-state index contributed by atoms with van der Waals surface area (Å²) < 4.78 is 0. The van der Waals surface area contributed by atoms with E-state index in [2.05, 4.69) is 71.5 Å². The molecule has 0 aliphatic carbocycles. The predicted octanol–water partition coefficient (Wildman–Crippen LogP) is 3.57. The highest BCUT2D eigenvalue weighted by Crippen LogP contribution is 2.18. The SMILES string of the molecule is CCNC(=NCC1CCCN(CC(C)C)C1)NC1CCN(Cc2ccccc2)CC1. The van der Waals surface area contributed by atoms with Gasteiger partial charge < -0.3 is 15.5 Å². The van der Waals surface area contributed by atoms with Crippen LogP contribution in [-0.2, 0) is 6.54 Å². The van der Waals surface area contributed by atoms with Crippen LogP contribution in [0, 0.1) is 11.8 Å². The van der Waals surface area contributed by atoms with Gasteiger partial charge in [-0.05, 0) is 56.6 Å². The first kappa shape index (κ1) is 23.1. The lowest BCUT2D eigenvalue weighted by Gasteiger charge is -2.34. The second-order valence-electron chi connectivity index (χ2n) is 9.56. The number of rotatable bonds is 8. The molecule has 2 aliphatic heterocycles. The molecule has 2 saturated heterocycles. The zero-order chi connectivity index (χ0) is 21.2. The van der Waals surface area contributed by atoms with Crippen LogP contribution in [0.1, 0.15) is 52.0 Å². The fourth-order valence-electron chi connectivity index (χ4n) is 4.79. The first-order chi connectivity index (χ1) is 14.6. The van der Waals surface area contributed by atoms with Crippen LogP contribution in [0.5, 0.6) is 0 Å². The maximum absolute atomic E-state index is 4.99. The molecule has 0 aromatic heterocycles. The molecule has 2 heterocycles. The van der Waals surface area contributed by atoms with Crippen LogP contribution in [0.2, 0.25) is 0 Å². The van der Waals surface area contributed by atoms with Crippen molar-refractivity contribution in [3.63, 3.8) is 0 Å². The van der Waals surface area contributed by atoms with E-state index in [1.165, 1.54) is 50.9 Å². The zero-order valence-electron chi connectivity index (χ0n) is 19.4. The number of benzene rings is 1. The molecule has 2 fully saturated rings. The van der Waals surface area contributed by atoms with Crippen molar-refractivity contribution in [2.45, 2.75) is 59.0 Å². The predicted molar refractivity (Wildman–Crippen MR) is 128 cm³/mol. The van der Waals surface area contributed by atoms with Crippen LogP contribution in [0.3, 0.4) is 0 Å². The van der Waals surface area contributed by atoms with Crippen LogP contribution >= 0.6 is 0 Å². The number of hydrogen-bond donors (Lipinski definition) is 2. The highest BCUT2D eigenvalue weighted by molar-refractivity contribution is 5.80. The first-order valence-electron chi connectivity index (χ1n) is 12.2. The lowest BCUT2D eigenvalue weighted by molar-refractivity contribution is 0.162. The summed E-state index contributed by atoms with van der Waals surface area (Å²) in [5.74, 6) is 2.46. The molecule has 1 atom stereocenters. The number of nitrogens with one attached hydrogen (secondary N) is 2. The van der Waals surface area contributed by atoms with E-state index in [4.69, 9.17) is 4.99 Å². The Balaban J connectivity index is 1.43. The quantitative estimate of drug-likeness (QED) is 0.505. The van der Waals surface area contributed by atoms with Crippen molar-refractivity contribution in [1.29, 1.82) is 0 Å². The Morgan fingerprint density at radius 3 is 2.53 bits per heavy atom. The molecule has 168 valence electrons. The van der Waals surface area contributed by atoms with E-state index in [0.29, 0.717) is 12.0 Å². The van der Waals surface area contributed by atoms with Crippen LogP contribution in [-0.4, -0.2) is 67.6 Å². The number of guanidine groups is 1. The van der Waals surface area contributed by atoms with E-state index in [9.17, 15) is 0 Å². The molecular weight excluding hydrogens is 370 g/mol. The molecule has 5 heteroatoms. The maximum Gasteiger partial charge on any atom is 0.191 e. The molecule has 2 N–H and O–H groups in total. The van der Waals surface area contributed by atoms with Gasteiger partial charge in [0.1, 0.15) is 0 Å². The molecule has 0 saturated carbocycles. The minimum Gasteiger partial charge on any atom is -0.357 e. The molecule has 0 spiro atoms. The van der Waals surface area contributed by atoms with E-state index < -0.39 is 0 Å². The summed E-state index contributed by atoms with van der Waals surface area (Å²) in [5, 5.41) is 7.20. The van der Waals surface area contributed by atoms with Gasteiger partial charge in [0.15, 0.2) is 5.96 Å². The Labute approximate surface area is 184 Å². The third-order valence-corrected chi connectivity index (χ3v) is 6.26. The Kier molecular flexibility index (Phi) is 9.47. The fourth-order valence-corrected chi connectivity index (χ4v) is 4.79. The molecule has 3 rings (SSSR count). The minimum absolute atomic E-state index is 0.526. The summed E-state index contributed by atoms with van der Waals surface area (Å²) in [5.41, 5.74) is 1.41. The molecule has 5 nitrogen and oxygen atoms in total. The van der Waals surface area contributed by atoms with Crippen molar-refractivity contribution in [2.24, 2.45) is 16.8 Å². The van der Waals surface area contributed by atoms with Gasteiger partial charge in [0.05, 0.1) is 0 Å². The van der Waals surface area contributed by atoms with Crippen molar-refractivity contribution < 1.29 is 0 Å². The van der Waals surface area contributed by atoms with Crippen molar-refractivity contribution >= 4 is 5.96 Å². The Hall–Kier alpha value is -1.59. The van der Waals surface area contributed by atoms with Gasteiger partial charge in [0.2, 0.25) is 0 Å². The van der Waals surface area contributed by atoms with Gasteiger partial charge in [-0.25, -0.2) is 0 Å². The Bertz CT molecular complexity index is 622. The van der Waals surface area contributed by atoms with E-state index in [1.54, 1.807) is 0 Å². The number of likely N-dealkylation sites (tertiary alicyclic amines) is 2. The molecule has 1 aromatic carbocycles. The third-order valence-electron chi connectivity index (χ3n) is 6.26. The normalized spacial score (nSPS) is 22.4. The molecule has 0 amide bonds. The molecule has 0 radical (unpaired) electrons. The second kappa shape index (κ2) is 12.3. The van der Waals surface area contributed by atoms with Crippen LogP contribution in [0.15, 0.2) is 35.3 Å². The first-order valence-corrected chi connectivity index (χ1v) is 12.2. The Morgan fingerprint density at radius 2 is 1.83 bits per heavy atom. The van der Waals surface area contributed by atoms with Crippen molar-refractivity contribution in [3.8, 4) is 0 Å². The van der Waals surface area contributed by atoms with Gasteiger partial charge in [-0.1, -0.05) is 44.2 Å². The highest BCUT2D eigenvalue weighted by atomic mass is 15.2. The average Bonchev–Trinajstić information content (AvgIpc) is 2.74. The standard InChI is InChI=1S/C25H43N5/c1-4-26-25(27-17-23-11-8-14-30(20-23)18-21(2)3)28-24-12-15-29(16-13-24)19-22-9-6-5-7-10-22/h5-7,9-10,21,23-24H,4,8,11-20H2,1-3H3,(H2,26,27,28). The minimum atomic E-state index is 0.526.